The average molecular weight is 846 g/mol. The quantitative estimate of drug-likeness (QED) is 0.167. The molecule has 6 aliphatic carbocycles. The van der Waals surface area contributed by atoms with Crippen LogP contribution in [0.1, 0.15) is 101 Å². The van der Waals surface area contributed by atoms with Crippen LogP contribution in [0.3, 0.4) is 0 Å². The van der Waals surface area contributed by atoms with E-state index in [4.69, 9.17) is 0 Å². The van der Waals surface area contributed by atoms with E-state index in [1.807, 2.05) is 0 Å². The molecule has 2 spiro atoms. The summed E-state index contributed by atoms with van der Waals surface area (Å²) >= 11 is 0. The van der Waals surface area contributed by atoms with E-state index >= 15 is 0 Å². The Morgan fingerprint density at radius 2 is 0.754 bits per heavy atom. The SMILES string of the molecule is C[C@@H]1CC2C[C@H](C1)[C@@]1(c3ccccc3-c3cc(N(c4cc(-c5ccccc5)cc(-c5ccccc5)c4)c4ccc5c(c4)-c4ccccc4[C@]54[C@@H]5CC(C[C@@H](C)C5)C[C@@H]4C)ccc31)[C@@H](C)C2. The molecule has 0 heterocycles. The van der Waals surface area contributed by atoms with Crippen LogP contribution in [-0.4, -0.2) is 0 Å². The summed E-state index contributed by atoms with van der Waals surface area (Å²) in [6.07, 6.45) is 10.8. The van der Waals surface area contributed by atoms with Crippen molar-refractivity contribution in [3.8, 4) is 44.5 Å². The Hall–Kier alpha value is -5.66. The highest BCUT2D eigenvalue weighted by molar-refractivity contribution is 5.92. The zero-order valence-corrected chi connectivity index (χ0v) is 38.8. The van der Waals surface area contributed by atoms with Gasteiger partial charge in [0.05, 0.1) is 0 Å². The van der Waals surface area contributed by atoms with Crippen molar-refractivity contribution in [2.24, 2.45) is 47.3 Å². The minimum absolute atomic E-state index is 0.0616. The van der Waals surface area contributed by atoms with E-state index in [1.54, 1.807) is 22.3 Å². The number of rotatable bonds is 5. The van der Waals surface area contributed by atoms with E-state index in [2.05, 4.69) is 196 Å². The summed E-state index contributed by atoms with van der Waals surface area (Å²) in [7, 11) is 0. The van der Waals surface area contributed by atoms with Gasteiger partial charge in [-0.3, -0.25) is 0 Å². The van der Waals surface area contributed by atoms with Crippen molar-refractivity contribution in [2.45, 2.75) is 89.9 Å². The first-order valence-electron chi connectivity index (χ1n) is 25.4. The number of hydrogen-bond donors (Lipinski definition) is 0. The normalized spacial score (nSPS) is 30.1. The molecule has 4 fully saturated rings. The van der Waals surface area contributed by atoms with Crippen LogP contribution in [0.25, 0.3) is 44.5 Å². The van der Waals surface area contributed by atoms with E-state index < -0.39 is 0 Å². The second-order valence-corrected chi connectivity index (χ2v) is 22.1. The van der Waals surface area contributed by atoms with Gasteiger partial charge in [0.25, 0.3) is 0 Å². The molecule has 4 bridgehead atoms. The summed E-state index contributed by atoms with van der Waals surface area (Å²) in [6.45, 7) is 10.2. The van der Waals surface area contributed by atoms with Crippen LogP contribution in [0.2, 0.25) is 0 Å². The first kappa shape index (κ1) is 39.7. The van der Waals surface area contributed by atoms with Gasteiger partial charge in [-0.2, -0.15) is 0 Å². The molecule has 0 N–H and O–H groups in total. The van der Waals surface area contributed by atoms with Gasteiger partial charge in [-0.25, -0.2) is 0 Å². The maximum absolute atomic E-state index is 2.62. The van der Waals surface area contributed by atoms with Crippen molar-refractivity contribution in [1.29, 1.82) is 0 Å². The summed E-state index contributed by atoms with van der Waals surface area (Å²) < 4.78 is 0. The summed E-state index contributed by atoms with van der Waals surface area (Å²) in [5.41, 5.74) is 20.8. The third kappa shape index (κ3) is 5.82. The molecule has 0 amide bonds. The van der Waals surface area contributed by atoms with E-state index in [0.29, 0.717) is 23.7 Å². The summed E-state index contributed by atoms with van der Waals surface area (Å²) in [4.78, 5) is 2.62. The van der Waals surface area contributed by atoms with Crippen LogP contribution in [0.4, 0.5) is 17.1 Å². The highest BCUT2D eigenvalue weighted by atomic mass is 15.1. The fourth-order valence-corrected chi connectivity index (χ4v) is 16.5. The largest absolute Gasteiger partial charge is 0.310 e. The number of benzene rings is 7. The zero-order valence-electron chi connectivity index (χ0n) is 38.8. The van der Waals surface area contributed by atoms with Crippen LogP contribution in [0.15, 0.2) is 164 Å². The Morgan fingerprint density at radius 1 is 0.338 bits per heavy atom. The summed E-state index contributed by atoms with van der Waals surface area (Å²) in [6, 6.07) is 63.8. The van der Waals surface area contributed by atoms with Gasteiger partial charge in [0.15, 0.2) is 0 Å². The van der Waals surface area contributed by atoms with Crippen LogP contribution in [0.5, 0.6) is 0 Å². The highest BCUT2D eigenvalue weighted by Crippen LogP contribution is 2.67. The smallest absolute Gasteiger partial charge is 0.0473 e. The Kier molecular flexibility index (Phi) is 9.12. The molecule has 4 saturated carbocycles. The van der Waals surface area contributed by atoms with Gasteiger partial charge in [-0.05, 0) is 208 Å². The van der Waals surface area contributed by atoms with Gasteiger partial charge in [-0.15, -0.1) is 0 Å². The van der Waals surface area contributed by atoms with Gasteiger partial charge >= 0.3 is 0 Å². The van der Waals surface area contributed by atoms with E-state index in [0.717, 1.165) is 23.7 Å². The Bertz CT molecular complexity index is 2760. The maximum Gasteiger partial charge on any atom is 0.0473 e. The van der Waals surface area contributed by atoms with Gasteiger partial charge in [0, 0.05) is 27.9 Å². The lowest BCUT2D eigenvalue weighted by atomic mass is 9.49. The standard InChI is InChI=1S/C64H63N/c1-40-27-44-31-42(3)63(50(29-40)33-44)59-21-13-11-19-55(59)57-38-52(23-25-61(57)63)65(54-36-48(46-15-7-5-8-16-46)35-49(37-54)47-17-9-6-10-18-47)53-24-26-62-58(39-53)56-20-12-14-22-60(56)64(62)43(4)32-45-28-41(2)30-51(64)34-45/h5-26,35-45,50-51H,27-34H2,1-4H3/t40-,41-,42+,43+,44?,45?,50+,51+,63-,64+/m1/s1. The molecule has 13 rings (SSSR count). The monoisotopic (exact) mass is 845 g/mol. The van der Waals surface area contributed by atoms with Crippen LogP contribution < -0.4 is 4.90 Å². The van der Waals surface area contributed by atoms with E-state index in [1.165, 1.54) is 113 Å². The second kappa shape index (κ2) is 14.9. The van der Waals surface area contributed by atoms with Crippen molar-refractivity contribution in [3.63, 3.8) is 0 Å². The van der Waals surface area contributed by atoms with E-state index in [9.17, 15) is 0 Å². The third-order valence-electron chi connectivity index (χ3n) is 18.4. The number of hydrogen-bond acceptors (Lipinski definition) is 1. The molecule has 7 aromatic rings. The van der Waals surface area contributed by atoms with Crippen molar-refractivity contribution in [3.05, 3.63) is 186 Å². The fraction of sp³-hybridized carbons (Fsp3) is 0.344. The van der Waals surface area contributed by atoms with Gasteiger partial charge in [-0.1, -0.05) is 149 Å². The van der Waals surface area contributed by atoms with Gasteiger partial charge in [0.1, 0.15) is 0 Å². The predicted molar refractivity (Wildman–Crippen MR) is 272 cm³/mol. The van der Waals surface area contributed by atoms with Crippen molar-refractivity contribution >= 4 is 17.1 Å². The topological polar surface area (TPSA) is 3.24 Å². The zero-order chi connectivity index (χ0) is 43.6. The predicted octanol–water partition coefficient (Wildman–Crippen LogP) is 17.2. The molecule has 0 aliphatic heterocycles. The molecule has 0 radical (unpaired) electrons. The number of nitrogens with zero attached hydrogens (tertiary/aromatic N) is 1. The molecule has 10 atom stereocenters. The summed E-state index contributed by atoms with van der Waals surface area (Å²) in [5, 5.41) is 0. The minimum atomic E-state index is 0.0616. The van der Waals surface area contributed by atoms with Gasteiger partial charge < -0.3 is 4.90 Å². The van der Waals surface area contributed by atoms with E-state index in [-0.39, 0.29) is 10.8 Å². The Labute approximate surface area is 388 Å². The van der Waals surface area contributed by atoms with Crippen molar-refractivity contribution in [1.82, 2.24) is 0 Å². The first-order valence-corrected chi connectivity index (χ1v) is 25.4. The molecule has 6 aliphatic rings. The van der Waals surface area contributed by atoms with Gasteiger partial charge in [0.2, 0.25) is 0 Å². The second-order valence-electron chi connectivity index (χ2n) is 22.1. The first-order chi connectivity index (χ1) is 31.8. The maximum atomic E-state index is 2.62. The van der Waals surface area contributed by atoms with Crippen molar-refractivity contribution in [2.75, 3.05) is 4.90 Å². The molecular formula is C64H63N. The van der Waals surface area contributed by atoms with Crippen LogP contribution in [0, 0.1) is 47.3 Å². The Morgan fingerprint density at radius 3 is 1.22 bits per heavy atom. The molecule has 65 heavy (non-hydrogen) atoms. The fourth-order valence-electron chi connectivity index (χ4n) is 16.5. The Balaban J connectivity index is 1.04. The minimum Gasteiger partial charge on any atom is -0.310 e. The van der Waals surface area contributed by atoms with Crippen molar-refractivity contribution < 1.29 is 0 Å². The number of fused-ring (bicyclic) bond motifs is 16. The molecule has 1 heteroatoms. The third-order valence-corrected chi connectivity index (χ3v) is 18.4. The highest BCUT2D eigenvalue weighted by Gasteiger charge is 2.58. The molecule has 0 aromatic heterocycles. The van der Waals surface area contributed by atoms with Crippen LogP contribution in [-0.2, 0) is 10.8 Å². The molecule has 7 aromatic carbocycles. The lowest BCUT2D eigenvalue weighted by molar-refractivity contribution is 0.0425. The number of anilines is 3. The molecule has 1 nitrogen and oxygen atoms in total. The lowest BCUT2D eigenvalue weighted by Crippen LogP contribution is -2.49. The molecule has 2 unspecified atom stereocenters. The summed E-state index contributed by atoms with van der Waals surface area (Å²) in [5.74, 6) is 5.84. The van der Waals surface area contributed by atoms with Crippen LogP contribution >= 0.6 is 0 Å². The average Bonchev–Trinajstić information content (AvgIpc) is 3.79. The molecule has 324 valence electrons. The lowest BCUT2D eigenvalue weighted by Gasteiger charge is -2.54. The molecular weight excluding hydrogens is 783 g/mol. The molecule has 0 saturated heterocycles.